The first-order valence-corrected chi connectivity index (χ1v) is 8.61. The number of aromatic nitrogens is 2. The summed E-state index contributed by atoms with van der Waals surface area (Å²) in [5.41, 5.74) is 0.551. The Labute approximate surface area is 168 Å². The predicted octanol–water partition coefficient (Wildman–Crippen LogP) is 1.81. The van der Waals surface area contributed by atoms with Gasteiger partial charge in [0, 0.05) is 43.6 Å². The van der Waals surface area contributed by atoms with Crippen LogP contribution in [-0.4, -0.2) is 42.0 Å². The summed E-state index contributed by atoms with van der Waals surface area (Å²) in [7, 11) is 1.71. The van der Waals surface area contributed by atoms with Crippen molar-refractivity contribution in [1.29, 1.82) is 0 Å². The van der Waals surface area contributed by atoms with Crippen molar-refractivity contribution >= 4 is 47.2 Å². The van der Waals surface area contributed by atoms with E-state index in [1.807, 2.05) is 6.20 Å². The summed E-state index contributed by atoms with van der Waals surface area (Å²) in [5, 5.41) is 10.2. The number of carbonyl (C=O) groups excluding carboxylic acids is 1. The van der Waals surface area contributed by atoms with Crippen molar-refractivity contribution < 1.29 is 4.79 Å². The summed E-state index contributed by atoms with van der Waals surface area (Å²) in [5.74, 6) is 0.543. The molecular formula is C16H23IN6OS. The van der Waals surface area contributed by atoms with Gasteiger partial charge in [0.15, 0.2) is 5.96 Å². The molecule has 0 fully saturated rings. The lowest BCUT2D eigenvalue weighted by atomic mass is 10.3. The molecule has 2 heterocycles. The molecule has 0 unspecified atom stereocenters. The molecule has 2 aromatic heterocycles. The zero-order valence-electron chi connectivity index (χ0n) is 14.3. The number of thiazole rings is 1. The molecule has 2 rings (SSSR count). The van der Waals surface area contributed by atoms with Crippen LogP contribution in [0.3, 0.4) is 0 Å². The number of guanidine groups is 1. The Kier molecular flexibility index (Phi) is 10.0. The Morgan fingerprint density at radius 2 is 2.04 bits per heavy atom. The maximum atomic E-state index is 11.9. The lowest BCUT2D eigenvalue weighted by Gasteiger charge is -2.11. The van der Waals surface area contributed by atoms with Gasteiger partial charge in [0.1, 0.15) is 5.01 Å². The van der Waals surface area contributed by atoms with E-state index in [0.717, 1.165) is 11.4 Å². The number of amides is 1. The van der Waals surface area contributed by atoms with Gasteiger partial charge in [0.25, 0.3) is 5.91 Å². The van der Waals surface area contributed by atoms with Crippen LogP contribution < -0.4 is 16.0 Å². The number of carbonyl (C=O) groups is 1. The molecule has 0 saturated carbocycles. The maximum Gasteiger partial charge on any atom is 0.252 e. The zero-order chi connectivity index (χ0) is 17.2. The molecular weight excluding hydrogens is 451 g/mol. The first kappa shape index (κ1) is 21.3. The highest BCUT2D eigenvalue weighted by Gasteiger charge is 2.05. The third kappa shape index (κ3) is 7.34. The van der Waals surface area contributed by atoms with Gasteiger partial charge in [-0.05, 0) is 18.6 Å². The number of hydrogen-bond acceptors (Lipinski definition) is 5. The minimum absolute atomic E-state index is 0. The molecule has 7 nitrogen and oxygen atoms in total. The minimum atomic E-state index is -0.136. The van der Waals surface area contributed by atoms with Gasteiger partial charge in [-0.2, -0.15) is 0 Å². The molecule has 0 aliphatic heterocycles. The summed E-state index contributed by atoms with van der Waals surface area (Å²) in [6.45, 7) is 3.81. The molecule has 0 bridgehead atoms. The fraction of sp³-hybridized carbons (Fsp3) is 0.375. The van der Waals surface area contributed by atoms with Crippen LogP contribution >= 0.6 is 35.3 Å². The Balaban J connectivity index is 0.00000312. The fourth-order valence-corrected chi connectivity index (χ4v) is 2.73. The Bertz CT molecular complexity index is 676. The van der Waals surface area contributed by atoms with Crippen LogP contribution in [0.4, 0.5) is 0 Å². The summed E-state index contributed by atoms with van der Waals surface area (Å²) in [6.07, 6.45) is 6.09. The lowest BCUT2D eigenvalue weighted by molar-refractivity contribution is 0.0954. The normalized spacial score (nSPS) is 10.7. The molecule has 1 amide bonds. The summed E-state index contributed by atoms with van der Waals surface area (Å²) in [6, 6.07) is 3.47. The number of aryl methyl sites for hydroxylation is 1. The van der Waals surface area contributed by atoms with Gasteiger partial charge < -0.3 is 16.0 Å². The SMILES string of the molecule is CCc1cnc(CNC(=NC)NCCNC(=O)c2cccnc2)s1.I. The van der Waals surface area contributed by atoms with Gasteiger partial charge in [0.05, 0.1) is 12.1 Å². The Hall–Kier alpha value is -1.75. The third-order valence-electron chi connectivity index (χ3n) is 3.21. The molecule has 0 aliphatic carbocycles. The molecule has 0 spiro atoms. The van der Waals surface area contributed by atoms with Crippen LogP contribution in [0.5, 0.6) is 0 Å². The topological polar surface area (TPSA) is 91.3 Å². The van der Waals surface area contributed by atoms with E-state index in [1.54, 1.807) is 42.9 Å². The van der Waals surface area contributed by atoms with E-state index >= 15 is 0 Å². The highest BCUT2D eigenvalue weighted by Crippen LogP contribution is 2.12. The number of rotatable bonds is 7. The van der Waals surface area contributed by atoms with Crippen molar-refractivity contribution in [2.45, 2.75) is 19.9 Å². The second-order valence-corrected chi connectivity index (χ2v) is 6.12. The van der Waals surface area contributed by atoms with Crippen molar-refractivity contribution in [3.63, 3.8) is 0 Å². The van der Waals surface area contributed by atoms with Crippen LogP contribution in [0.2, 0.25) is 0 Å². The van der Waals surface area contributed by atoms with Crippen molar-refractivity contribution in [3.05, 3.63) is 46.2 Å². The van der Waals surface area contributed by atoms with E-state index in [-0.39, 0.29) is 29.9 Å². The number of aliphatic imine (C=N–C) groups is 1. The molecule has 9 heteroatoms. The van der Waals surface area contributed by atoms with Gasteiger partial charge in [-0.15, -0.1) is 35.3 Å². The quantitative estimate of drug-likeness (QED) is 0.247. The van der Waals surface area contributed by atoms with E-state index in [2.05, 4.69) is 37.8 Å². The molecule has 2 aromatic rings. The molecule has 136 valence electrons. The summed E-state index contributed by atoms with van der Waals surface area (Å²) in [4.78, 5) is 25.6. The van der Waals surface area contributed by atoms with Crippen LogP contribution in [0.15, 0.2) is 35.7 Å². The lowest BCUT2D eigenvalue weighted by Crippen LogP contribution is -2.41. The number of nitrogens with zero attached hydrogens (tertiary/aromatic N) is 3. The average molecular weight is 474 g/mol. The summed E-state index contributed by atoms with van der Waals surface area (Å²) < 4.78 is 0. The average Bonchev–Trinajstić information content (AvgIpc) is 3.09. The van der Waals surface area contributed by atoms with Crippen LogP contribution in [-0.2, 0) is 13.0 Å². The maximum absolute atomic E-state index is 11.9. The van der Waals surface area contributed by atoms with Gasteiger partial charge in [-0.25, -0.2) is 4.98 Å². The van der Waals surface area contributed by atoms with E-state index in [4.69, 9.17) is 0 Å². The predicted molar refractivity (Wildman–Crippen MR) is 112 cm³/mol. The Morgan fingerprint density at radius 3 is 2.68 bits per heavy atom. The molecule has 0 atom stereocenters. The Morgan fingerprint density at radius 1 is 1.24 bits per heavy atom. The molecule has 0 aliphatic rings. The van der Waals surface area contributed by atoms with Gasteiger partial charge in [-0.3, -0.25) is 14.8 Å². The second-order valence-electron chi connectivity index (χ2n) is 4.92. The smallest absolute Gasteiger partial charge is 0.252 e. The minimum Gasteiger partial charge on any atom is -0.355 e. The van der Waals surface area contributed by atoms with E-state index in [1.165, 1.54) is 4.88 Å². The largest absolute Gasteiger partial charge is 0.355 e. The van der Waals surface area contributed by atoms with Crippen molar-refractivity contribution in [1.82, 2.24) is 25.9 Å². The molecule has 3 N–H and O–H groups in total. The highest BCUT2D eigenvalue weighted by molar-refractivity contribution is 14.0. The van der Waals surface area contributed by atoms with E-state index < -0.39 is 0 Å². The first-order valence-electron chi connectivity index (χ1n) is 7.79. The first-order chi connectivity index (χ1) is 11.7. The second kappa shape index (κ2) is 11.7. The molecule has 0 saturated heterocycles. The monoisotopic (exact) mass is 474 g/mol. The van der Waals surface area contributed by atoms with Crippen molar-refractivity contribution in [3.8, 4) is 0 Å². The summed E-state index contributed by atoms with van der Waals surface area (Å²) >= 11 is 1.70. The zero-order valence-corrected chi connectivity index (χ0v) is 17.4. The standard InChI is InChI=1S/C16H22N6OS.HI/c1-3-13-10-21-14(24-13)11-22-16(17-2)20-8-7-19-15(23)12-5-4-6-18-9-12;/h4-6,9-10H,3,7-8,11H2,1-2H3,(H,19,23)(H2,17,20,22);1H. The van der Waals surface area contributed by atoms with Gasteiger partial charge in [0.2, 0.25) is 0 Å². The van der Waals surface area contributed by atoms with E-state index in [0.29, 0.717) is 31.2 Å². The number of halogens is 1. The number of nitrogens with one attached hydrogen (secondary N) is 3. The molecule has 25 heavy (non-hydrogen) atoms. The molecule has 0 radical (unpaired) electrons. The fourth-order valence-electron chi connectivity index (χ4n) is 1.93. The van der Waals surface area contributed by atoms with Gasteiger partial charge in [-0.1, -0.05) is 6.92 Å². The van der Waals surface area contributed by atoms with Gasteiger partial charge >= 0.3 is 0 Å². The van der Waals surface area contributed by atoms with Crippen LogP contribution in [0, 0.1) is 0 Å². The number of hydrogen-bond donors (Lipinski definition) is 3. The van der Waals surface area contributed by atoms with E-state index in [9.17, 15) is 4.79 Å². The third-order valence-corrected chi connectivity index (χ3v) is 4.35. The van der Waals surface area contributed by atoms with Crippen molar-refractivity contribution in [2.24, 2.45) is 4.99 Å². The van der Waals surface area contributed by atoms with Crippen molar-refractivity contribution in [2.75, 3.05) is 20.1 Å². The number of pyridine rings is 1. The highest BCUT2D eigenvalue weighted by atomic mass is 127. The molecule has 0 aromatic carbocycles. The van der Waals surface area contributed by atoms with Crippen LogP contribution in [0.1, 0.15) is 27.2 Å². The van der Waals surface area contributed by atoms with Crippen LogP contribution in [0.25, 0.3) is 0 Å².